The lowest BCUT2D eigenvalue weighted by Crippen LogP contribution is -2.28. The molecule has 2 heteroatoms. The van der Waals surface area contributed by atoms with Crippen molar-refractivity contribution in [2.75, 3.05) is 33.4 Å². The van der Waals surface area contributed by atoms with Gasteiger partial charge in [0.15, 0.2) is 0 Å². The first-order valence-electron chi connectivity index (χ1n) is 4.53. The monoisotopic (exact) mass is 155 g/mol. The molecule has 0 saturated carbocycles. The summed E-state index contributed by atoms with van der Waals surface area (Å²) in [6.45, 7) is 6.78. The first-order valence-corrected chi connectivity index (χ1v) is 4.53. The maximum absolute atomic E-state index is 5.53. The van der Waals surface area contributed by atoms with Crippen molar-refractivity contribution >= 4 is 0 Å². The first kappa shape index (κ1) is 7.56. The Morgan fingerprint density at radius 2 is 2.45 bits per heavy atom. The molecule has 2 atom stereocenters. The van der Waals surface area contributed by atoms with Gasteiger partial charge in [-0.25, -0.2) is 0 Å². The highest BCUT2D eigenvalue weighted by Gasteiger charge is 2.47. The third kappa shape index (κ3) is 1.00. The molecule has 0 aliphatic carbocycles. The molecule has 2 aliphatic heterocycles. The molecule has 0 aromatic heterocycles. The van der Waals surface area contributed by atoms with Gasteiger partial charge in [0.25, 0.3) is 0 Å². The van der Waals surface area contributed by atoms with Crippen LogP contribution in [-0.2, 0) is 4.74 Å². The topological polar surface area (TPSA) is 12.5 Å². The van der Waals surface area contributed by atoms with Crippen LogP contribution in [0.4, 0.5) is 0 Å². The summed E-state index contributed by atoms with van der Waals surface area (Å²) >= 11 is 0. The third-order valence-electron chi connectivity index (χ3n) is 3.40. The predicted octanol–water partition coefficient (Wildman–Crippen LogP) is 0.975. The lowest BCUT2D eigenvalue weighted by Gasteiger charge is -2.24. The Labute approximate surface area is 68.5 Å². The molecule has 2 nitrogen and oxygen atoms in total. The molecule has 2 saturated heterocycles. The zero-order valence-corrected chi connectivity index (χ0v) is 7.47. The Hall–Kier alpha value is -0.0800. The average Bonchev–Trinajstić information content (AvgIpc) is 2.43. The molecule has 64 valence electrons. The number of fused-ring (bicyclic) bond motifs is 1. The van der Waals surface area contributed by atoms with Gasteiger partial charge in [-0.3, -0.25) is 0 Å². The number of hydrogen-bond acceptors (Lipinski definition) is 2. The van der Waals surface area contributed by atoms with Gasteiger partial charge in [-0.1, -0.05) is 6.92 Å². The molecule has 2 aliphatic rings. The Balaban J connectivity index is 2.15. The minimum atomic E-state index is 0.523. The van der Waals surface area contributed by atoms with E-state index in [0.29, 0.717) is 5.41 Å². The van der Waals surface area contributed by atoms with E-state index in [0.717, 1.165) is 19.1 Å². The first-order chi connectivity index (χ1) is 5.27. The fourth-order valence-electron chi connectivity index (χ4n) is 2.60. The summed E-state index contributed by atoms with van der Waals surface area (Å²) in [5.41, 5.74) is 0.523. The average molecular weight is 155 g/mol. The van der Waals surface area contributed by atoms with Crippen LogP contribution in [0.3, 0.4) is 0 Å². The van der Waals surface area contributed by atoms with Crippen molar-refractivity contribution in [1.82, 2.24) is 4.90 Å². The molecule has 11 heavy (non-hydrogen) atoms. The summed E-state index contributed by atoms with van der Waals surface area (Å²) in [4.78, 5) is 2.44. The Kier molecular flexibility index (Phi) is 1.69. The van der Waals surface area contributed by atoms with Crippen LogP contribution >= 0.6 is 0 Å². The van der Waals surface area contributed by atoms with Gasteiger partial charge >= 0.3 is 0 Å². The van der Waals surface area contributed by atoms with E-state index in [4.69, 9.17) is 4.74 Å². The second-order valence-electron chi connectivity index (χ2n) is 4.12. The summed E-state index contributed by atoms with van der Waals surface area (Å²) in [5.74, 6) is 0.817. The fraction of sp³-hybridized carbons (Fsp3) is 1.00. The molecule has 2 heterocycles. The van der Waals surface area contributed by atoms with Crippen LogP contribution in [0.5, 0.6) is 0 Å². The molecular weight excluding hydrogens is 138 g/mol. The van der Waals surface area contributed by atoms with Crippen LogP contribution in [0, 0.1) is 11.3 Å². The van der Waals surface area contributed by atoms with E-state index in [1.165, 1.54) is 19.5 Å². The van der Waals surface area contributed by atoms with E-state index in [1.54, 1.807) is 0 Å². The molecule has 0 aromatic carbocycles. The van der Waals surface area contributed by atoms with E-state index in [2.05, 4.69) is 18.9 Å². The van der Waals surface area contributed by atoms with Crippen molar-refractivity contribution in [1.29, 1.82) is 0 Å². The van der Waals surface area contributed by atoms with Crippen LogP contribution < -0.4 is 0 Å². The Morgan fingerprint density at radius 3 is 3.09 bits per heavy atom. The Morgan fingerprint density at radius 1 is 1.64 bits per heavy atom. The number of hydrogen-bond donors (Lipinski definition) is 0. The van der Waals surface area contributed by atoms with Gasteiger partial charge in [0.2, 0.25) is 0 Å². The van der Waals surface area contributed by atoms with Crippen LogP contribution in [0.2, 0.25) is 0 Å². The van der Waals surface area contributed by atoms with Gasteiger partial charge < -0.3 is 9.64 Å². The van der Waals surface area contributed by atoms with Crippen LogP contribution in [-0.4, -0.2) is 38.3 Å². The molecule has 0 N–H and O–H groups in total. The van der Waals surface area contributed by atoms with Crippen LogP contribution in [0.1, 0.15) is 13.3 Å². The highest BCUT2D eigenvalue weighted by molar-refractivity contribution is 4.97. The summed E-state index contributed by atoms with van der Waals surface area (Å²) in [6.07, 6.45) is 1.28. The molecule has 0 radical (unpaired) electrons. The zero-order valence-electron chi connectivity index (χ0n) is 7.47. The fourth-order valence-corrected chi connectivity index (χ4v) is 2.60. The molecule has 2 fully saturated rings. The highest BCUT2D eigenvalue weighted by atomic mass is 16.5. The van der Waals surface area contributed by atoms with Crippen LogP contribution in [0.15, 0.2) is 0 Å². The smallest absolute Gasteiger partial charge is 0.0538 e. The van der Waals surface area contributed by atoms with E-state index in [9.17, 15) is 0 Å². The molecule has 0 bridgehead atoms. The molecule has 2 unspecified atom stereocenters. The minimum Gasteiger partial charge on any atom is -0.380 e. The summed E-state index contributed by atoms with van der Waals surface area (Å²) in [7, 11) is 2.22. The summed E-state index contributed by atoms with van der Waals surface area (Å²) in [6, 6.07) is 0. The van der Waals surface area contributed by atoms with Gasteiger partial charge in [0.1, 0.15) is 0 Å². The van der Waals surface area contributed by atoms with E-state index in [1.807, 2.05) is 0 Å². The quantitative estimate of drug-likeness (QED) is 0.559. The minimum absolute atomic E-state index is 0.523. The van der Waals surface area contributed by atoms with Gasteiger partial charge in [0, 0.05) is 24.4 Å². The maximum Gasteiger partial charge on any atom is 0.0538 e. The third-order valence-corrected chi connectivity index (χ3v) is 3.40. The summed E-state index contributed by atoms with van der Waals surface area (Å²) in [5, 5.41) is 0. The number of likely N-dealkylation sites (tertiary alicyclic amines) is 1. The molecule has 0 aromatic rings. The van der Waals surface area contributed by atoms with Gasteiger partial charge in [-0.05, 0) is 13.5 Å². The zero-order chi connectivity index (χ0) is 7.90. The SMILES string of the molecule is CCC12COCC1CN(C)C2. The van der Waals surface area contributed by atoms with Crippen molar-refractivity contribution in [3.8, 4) is 0 Å². The van der Waals surface area contributed by atoms with Gasteiger partial charge in [-0.15, -0.1) is 0 Å². The number of rotatable bonds is 1. The van der Waals surface area contributed by atoms with Gasteiger partial charge in [-0.2, -0.15) is 0 Å². The molecule has 0 amide bonds. The Bertz CT molecular complexity index is 160. The van der Waals surface area contributed by atoms with Crippen molar-refractivity contribution in [3.05, 3.63) is 0 Å². The number of nitrogens with zero attached hydrogens (tertiary/aromatic N) is 1. The highest BCUT2D eigenvalue weighted by Crippen LogP contribution is 2.42. The molecule has 0 spiro atoms. The second kappa shape index (κ2) is 2.46. The van der Waals surface area contributed by atoms with E-state index < -0.39 is 0 Å². The van der Waals surface area contributed by atoms with E-state index >= 15 is 0 Å². The van der Waals surface area contributed by atoms with Crippen molar-refractivity contribution in [2.45, 2.75) is 13.3 Å². The summed E-state index contributed by atoms with van der Waals surface area (Å²) < 4.78 is 5.53. The van der Waals surface area contributed by atoms with Crippen molar-refractivity contribution in [3.63, 3.8) is 0 Å². The predicted molar refractivity (Wildman–Crippen MR) is 44.5 cm³/mol. The maximum atomic E-state index is 5.53. The largest absolute Gasteiger partial charge is 0.380 e. The van der Waals surface area contributed by atoms with Gasteiger partial charge in [0.05, 0.1) is 13.2 Å². The standard InChI is InChI=1S/C9H17NO/c1-3-9-6-10(2)4-8(9)5-11-7-9/h8H,3-7H2,1-2H3. The number of ether oxygens (including phenoxy) is 1. The lowest BCUT2D eigenvalue weighted by atomic mass is 9.79. The van der Waals surface area contributed by atoms with Crippen molar-refractivity contribution < 1.29 is 4.74 Å². The van der Waals surface area contributed by atoms with Crippen molar-refractivity contribution in [2.24, 2.45) is 11.3 Å². The second-order valence-corrected chi connectivity index (χ2v) is 4.12. The van der Waals surface area contributed by atoms with E-state index in [-0.39, 0.29) is 0 Å². The lowest BCUT2D eigenvalue weighted by molar-refractivity contribution is 0.133. The molecule has 2 rings (SSSR count). The molecular formula is C9H17NO. The van der Waals surface area contributed by atoms with Crippen LogP contribution in [0.25, 0.3) is 0 Å². The normalized spacial score (nSPS) is 44.7.